The summed E-state index contributed by atoms with van der Waals surface area (Å²) in [4.78, 5) is 21.6. The summed E-state index contributed by atoms with van der Waals surface area (Å²) >= 11 is 0. The first-order chi connectivity index (χ1) is 14.5. The molecule has 1 fully saturated rings. The Morgan fingerprint density at radius 2 is 2.03 bits per heavy atom. The molecular formula is C24H29N5O. The van der Waals surface area contributed by atoms with E-state index in [-0.39, 0.29) is 5.41 Å². The zero-order valence-corrected chi connectivity index (χ0v) is 17.8. The minimum Gasteiger partial charge on any atom is -0.367 e. The first-order valence-corrected chi connectivity index (χ1v) is 11.1. The van der Waals surface area contributed by atoms with Crippen molar-refractivity contribution in [3.05, 3.63) is 53.1 Å². The Morgan fingerprint density at radius 1 is 1.20 bits per heavy atom. The molecule has 0 spiro atoms. The van der Waals surface area contributed by atoms with E-state index in [0.29, 0.717) is 18.6 Å². The van der Waals surface area contributed by atoms with E-state index in [1.165, 1.54) is 32.1 Å². The number of fused-ring (bicyclic) bond motifs is 2. The van der Waals surface area contributed by atoms with Crippen molar-refractivity contribution in [2.75, 3.05) is 11.9 Å². The van der Waals surface area contributed by atoms with Gasteiger partial charge in [-0.15, -0.1) is 0 Å². The lowest BCUT2D eigenvalue weighted by Gasteiger charge is -2.21. The van der Waals surface area contributed by atoms with Crippen LogP contribution in [0.1, 0.15) is 68.5 Å². The molecule has 2 heterocycles. The van der Waals surface area contributed by atoms with E-state index in [1.54, 1.807) is 6.20 Å². The molecule has 0 saturated heterocycles. The number of hydrogen-bond acceptors (Lipinski definition) is 5. The molecule has 156 valence electrons. The van der Waals surface area contributed by atoms with Crippen LogP contribution in [0.15, 0.2) is 30.6 Å². The van der Waals surface area contributed by atoms with Gasteiger partial charge in [0.1, 0.15) is 5.78 Å². The molecule has 6 heteroatoms. The molecule has 2 aliphatic carbocycles. The van der Waals surface area contributed by atoms with Gasteiger partial charge in [0, 0.05) is 37.2 Å². The number of nitrogens with zero attached hydrogens (tertiary/aromatic N) is 4. The number of benzene rings is 1. The minimum atomic E-state index is -0.375. The summed E-state index contributed by atoms with van der Waals surface area (Å²) in [5.41, 5.74) is 3.83. The van der Waals surface area contributed by atoms with E-state index in [2.05, 4.69) is 33.6 Å². The predicted octanol–water partition coefficient (Wildman–Crippen LogP) is 4.11. The third kappa shape index (κ3) is 3.48. The third-order valence-corrected chi connectivity index (χ3v) is 6.83. The van der Waals surface area contributed by atoms with Gasteiger partial charge < -0.3 is 5.32 Å². The Bertz CT molecular complexity index is 1090. The van der Waals surface area contributed by atoms with E-state index in [0.717, 1.165) is 46.4 Å². The Balaban J connectivity index is 1.35. The number of Topliss-reactive ketones (excluding diaryl/α,β-unsaturated/α-hetero) is 1. The lowest BCUT2D eigenvalue weighted by Crippen LogP contribution is -2.23. The summed E-state index contributed by atoms with van der Waals surface area (Å²) in [6.07, 6.45) is 11.4. The molecular weight excluding hydrogens is 374 g/mol. The largest absolute Gasteiger partial charge is 0.367 e. The summed E-state index contributed by atoms with van der Waals surface area (Å²) in [6.45, 7) is 4.97. The van der Waals surface area contributed by atoms with Crippen LogP contribution >= 0.6 is 0 Å². The lowest BCUT2D eigenvalue weighted by atomic mass is 9.85. The van der Waals surface area contributed by atoms with Gasteiger partial charge in [-0.05, 0) is 49.3 Å². The molecule has 1 saturated carbocycles. The summed E-state index contributed by atoms with van der Waals surface area (Å²) in [7, 11) is 0. The SMILES string of the molecule is CC1(C)C(=O)Cc2cc(Cc3nc4c(NCC5CCCCC5)nccn4n3)ccc21. The molecule has 1 N–H and O–H groups in total. The van der Waals surface area contributed by atoms with E-state index in [4.69, 9.17) is 4.98 Å². The standard InChI is InChI=1S/C24H29N5O/c1-24(2)19-9-8-17(12-18(19)14-20(24)30)13-21-27-23-22(25-10-11-29(23)28-21)26-15-16-6-4-3-5-7-16/h8-12,16H,3-7,13-15H2,1-2H3,(H,25,26). The van der Waals surface area contributed by atoms with Crippen LogP contribution in [-0.4, -0.2) is 31.9 Å². The molecule has 5 rings (SSSR count). The van der Waals surface area contributed by atoms with Gasteiger partial charge in [0.15, 0.2) is 17.3 Å². The molecule has 0 aliphatic heterocycles. The average Bonchev–Trinajstić information content (AvgIpc) is 3.25. The summed E-state index contributed by atoms with van der Waals surface area (Å²) in [5.74, 6) is 2.59. The fourth-order valence-electron chi connectivity index (χ4n) is 4.93. The van der Waals surface area contributed by atoms with Crippen LogP contribution in [0.2, 0.25) is 0 Å². The van der Waals surface area contributed by atoms with Crippen LogP contribution in [-0.2, 0) is 23.1 Å². The van der Waals surface area contributed by atoms with Gasteiger partial charge in [0.2, 0.25) is 0 Å². The molecule has 0 amide bonds. The highest BCUT2D eigenvalue weighted by Crippen LogP contribution is 2.36. The van der Waals surface area contributed by atoms with E-state index >= 15 is 0 Å². The van der Waals surface area contributed by atoms with E-state index in [1.807, 2.05) is 24.6 Å². The highest BCUT2D eigenvalue weighted by molar-refractivity contribution is 5.95. The monoisotopic (exact) mass is 403 g/mol. The highest BCUT2D eigenvalue weighted by Gasteiger charge is 2.37. The molecule has 0 atom stereocenters. The third-order valence-electron chi connectivity index (χ3n) is 6.83. The Labute approximate surface area is 177 Å². The van der Waals surface area contributed by atoms with Crippen molar-refractivity contribution in [2.24, 2.45) is 5.92 Å². The van der Waals surface area contributed by atoms with E-state index in [9.17, 15) is 4.79 Å². The number of aromatic nitrogens is 4. The molecule has 2 aliphatic rings. The van der Waals surface area contributed by atoms with Gasteiger partial charge in [-0.3, -0.25) is 4.79 Å². The Hall–Kier alpha value is -2.76. The molecule has 0 radical (unpaired) electrons. The Kier molecular flexibility index (Phi) is 4.80. The smallest absolute Gasteiger partial charge is 0.198 e. The second-order valence-corrected chi connectivity index (χ2v) is 9.35. The number of carbonyl (C=O) groups excluding carboxylic acids is 1. The molecule has 1 aromatic carbocycles. The molecule has 0 unspecified atom stereocenters. The first-order valence-electron chi connectivity index (χ1n) is 11.1. The maximum atomic E-state index is 12.3. The number of anilines is 1. The highest BCUT2D eigenvalue weighted by atomic mass is 16.1. The number of nitrogens with one attached hydrogen (secondary N) is 1. The van der Waals surface area contributed by atoms with Crippen molar-refractivity contribution < 1.29 is 4.79 Å². The number of ketones is 1. The van der Waals surface area contributed by atoms with Crippen molar-refractivity contribution in [3.8, 4) is 0 Å². The Morgan fingerprint density at radius 3 is 2.87 bits per heavy atom. The summed E-state index contributed by atoms with van der Waals surface area (Å²) in [6, 6.07) is 6.35. The van der Waals surface area contributed by atoms with Gasteiger partial charge >= 0.3 is 0 Å². The van der Waals surface area contributed by atoms with Crippen molar-refractivity contribution >= 4 is 17.2 Å². The maximum absolute atomic E-state index is 12.3. The van der Waals surface area contributed by atoms with Crippen molar-refractivity contribution in [2.45, 2.75) is 64.2 Å². The van der Waals surface area contributed by atoms with Gasteiger partial charge in [-0.25, -0.2) is 14.5 Å². The topological polar surface area (TPSA) is 72.2 Å². The van der Waals surface area contributed by atoms with Crippen LogP contribution in [0.5, 0.6) is 0 Å². The summed E-state index contributed by atoms with van der Waals surface area (Å²) < 4.78 is 1.81. The predicted molar refractivity (Wildman–Crippen MR) is 117 cm³/mol. The zero-order chi connectivity index (χ0) is 20.7. The molecule has 0 bridgehead atoms. The van der Waals surface area contributed by atoms with Crippen molar-refractivity contribution in [3.63, 3.8) is 0 Å². The van der Waals surface area contributed by atoms with Crippen LogP contribution in [0.3, 0.4) is 0 Å². The fraction of sp³-hybridized carbons (Fsp3) is 0.500. The molecule has 2 aromatic heterocycles. The molecule has 3 aromatic rings. The summed E-state index contributed by atoms with van der Waals surface area (Å²) in [5, 5.41) is 8.17. The number of hydrogen-bond donors (Lipinski definition) is 1. The van der Waals surface area contributed by atoms with Crippen LogP contribution in [0.25, 0.3) is 5.65 Å². The van der Waals surface area contributed by atoms with Gasteiger partial charge in [-0.2, -0.15) is 5.10 Å². The van der Waals surface area contributed by atoms with Crippen LogP contribution in [0, 0.1) is 5.92 Å². The van der Waals surface area contributed by atoms with Crippen LogP contribution in [0.4, 0.5) is 5.82 Å². The number of carbonyl (C=O) groups is 1. The van der Waals surface area contributed by atoms with Crippen molar-refractivity contribution in [1.29, 1.82) is 0 Å². The van der Waals surface area contributed by atoms with E-state index < -0.39 is 0 Å². The number of rotatable bonds is 5. The minimum absolute atomic E-state index is 0.292. The quantitative estimate of drug-likeness (QED) is 0.694. The van der Waals surface area contributed by atoms with Gasteiger partial charge in [0.25, 0.3) is 0 Å². The van der Waals surface area contributed by atoms with Gasteiger partial charge in [-0.1, -0.05) is 37.5 Å². The fourth-order valence-corrected chi connectivity index (χ4v) is 4.93. The molecule has 30 heavy (non-hydrogen) atoms. The van der Waals surface area contributed by atoms with Gasteiger partial charge in [0.05, 0.1) is 0 Å². The zero-order valence-electron chi connectivity index (χ0n) is 17.8. The van der Waals surface area contributed by atoms with Crippen LogP contribution < -0.4 is 5.32 Å². The van der Waals surface area contributed by atoms with Crippen molar-refractivity contribution in [1.82, 2.24) is 19.6 Å². The lowest BCUT2D eigenvalue weighted by molar-refractivity contribution is -0.121. The normalized spacial score (nSPS) is 18.7. The second-order valence-electron chi connectivity index (χ2n) is 9.35. The second kappa shape index (κ2) is 7.49. The molecule has 6 nitrogen and oxygen atoms in total. The maximum Gasteiger partial charge on any atom is 0.198 e. The average molecular weight is 404 g/mol. The first kappa shape index (κ1) is 19.2.